The van der Waals surface area contributed by atoms with E-state index in [9.17, 15) is 9.59 Å². The smallest absolute Gasteiger partial charge is 0.229 e. The van der Waals surface area contributed by atoms with E-state index in [1.54, 1.807) is 6.92 Å². The van der Waals surface area contributed by atoms with Gasteiger partial charge >= 0.3 is 0 Å². The normalized spacial score (nSPS) is 23.9. The number of piperidine rings is 1. The Morgan fingerprint density at radius 1 is 1.18 bits per heavy atom. The van der Waals surface area contributed by atoms with Crippen LogP contribution in [-0.4, -0.2) is 22.6 Å². The molecule has 0 bridgehead atoms. The lowest BCUT2D eigenvalue weighted by atomic mass is 9.67. The third-order valence-electron chi connectivity index (χ3n) is 6.88. The first-order valence-corrected chi connectivity index (χ1v) is 12.4. The van der Waals surface area contributed by atoms with E-state index in [1.807, 2.05) is 55.5 Å². The molecule has 176 valence electrons. The molecule has 1 saturated heterocycles. The fourth-order valence-electron chi connectivity index (χ4n) is 5.20. The van der Waals surface area contributed by atoms with Crippen LogP contribution < -0.4 is 0 Å². The molecule has 0 radical (unpaired) electrons. The highest BCUT2D eigenvalue weighted by Gasteiger charge is 2.50. The Bertz CT molecular complexity index is 1000. The molecule has 1 aliphatic heterocycles. The molecular weight excluding hydrogens is 453 g/mol. The molecule has 3 nitrogen and oxygen atoms in total. The summed E-state index contributed by atoms with van der Waals surface area (Å²) in [4.78, 5) is 28.0. The molecule has 4 atom stereocenters. The predicted octanol–water partition coefficient (Wildman–Crippen LogP) is 7.78. The first kappa shape index (κ1) is 25.5. The van der Waals surface area contributed by atoms with Crippen LogP contribution >= 0.6 is 23.2 Å². The Balaban J connectivity index is 2.20. The average Bonchev–Trinajstić information content (AvgIpc) is 2.77. The van der Waals surface area contributed by atoms with Gasteiger partial charge in [-0.15, -0.1) is 6.58 Å². The fourth-order valence-corrected chi connectivity index (χ4v) is 5.52. The van der Waals surface area contributed by atoms with Crippen LogP contribution in [0.3, 0.4) is 0 Å². The number of allylic oxidation sites excluding steroid dienone is 1. The van der Waals surface area contributed by atoms with E-state index in [4.69, 9.17) is 23.2 Å². The van der Waals surface area contributed by atoms with Gasteiger partial charge in [-0.1, -0.05) is 67.4 Å². The topological polar surface area (TPSA) is 37.4 Å². The third-order valence-corrected chi connectivity index (χ3v) is 7.37. The van der Waals surface area contributed by atoms with E-state index >= 15 is 0 Å². The van der Waals surface area contributed by atoms with Gasteiger partial charge in [0.05, 0.1) is 11.5 Å². The Hall–Kier alpha value is -2.10. The molecule has 0 N–H and O–H groups in total. The minimum Gasteiger partial charge on any atom is -0.332 e. The monoisotopic (exact) mass is 485 g/mol. The van der Waals surface area contributed by atoms with E-state index in [-0.39, 0.29) is 29.7 Å². The SMILES string of the molecule is C=CC[C@@]1(C)C[C@H](c2cccc(Cl)c2)[C@@H](c2ccc(Cl)cc2)N(C(CC)CCC(C)=O)C1=O. The number of hydrogen-bond donors (Lipinski definition) is 0. The maximum Gasteiger partial charge on any atom is 0.229 e. The summed E-state index contributed by atoms with van der Waals surface area (Å²) in [5.74, 6) is 0.302. The quantitative estimate of drug-likeness (QED) is 0.340. The van der Waals surface area contributed by atoms with Gasteiger partial charge in [0.25, 0.3) is 0 Å². The van der Waals surface area contributed by atoms with Crippen molar-refractivity contribution in [3.63, 3.8) is 0 Å². The molecule has 3 rings (SSSR count). The molecule has 0 spiro atoms. The fraction of sp³-hybridized carbons (Fsp3) is 0.429. The number of rotatable bonds is 9. The molecule has 1 unspecified atom stereocenters. The number of benzene rings is 2. The number of ketones is 1. The zero-order valence-electron chi connectivity index (χ0n) is 19.7. The van der Waals surface area contributed by atoms with Crippen molar-refractivity contribution < 1.29 is 9.59 Å². The van der Waals surface area contributed by atoms with Crippen LogP contribution in [0.1, 0.15) is 76.0 Å². The summed E-state index contributed by atoms with van der Waals surface area (Å²) in [6.45, 7) is 9.67. The summed E-state index contributed by atoms with van der Waals surface area (Å²) in [5.41, 5.74) is 1.57. The van der Waals surface area contributed by atoms with E-state index in [1.165, 1.54) is 0 Å². The third kappa shape index (κ3) is 5.70. The second-order valence-corrected chi connectivity index (χ2v) is 10.3. The largest absolute Gasteiger partial charge is 0.332 e. The first-order valence-electron chi connectivity index (χ1n) is 11.6. The zero-order chi connectivity index (χ0) is 24.2. The Kier molecular flexibility index (Phi) is 8.42. The molecule has 5 heteroatoms. The highest BCUT2D eigenvalue weighted by atomic mass is 35.5. The molecule has 33 heavy (non-hydrogen) atoms. The van der Waals surface area contributed by atoms with Crippen molar-refractivity contribution in [2.24, 2.45) is 5.41 Å². The predicted molar refractivity (Wildman–Crippen MR) is 137 cm³/mol. The van der Waals surface area contributed by atoms with Crippen molar-refractivity contribution in [2.45, 2.75) is 70.9 Å². The maximum atomic E-state index is 14.1. The van der Waals surface area contributed by atoms with E-state index in [0.717, 1.165) is 17.5 Å². The van der Waals surface area contributed by atoms with Crippen molar-refractivity contribution in [3.05, 3.63) is 82.4 Å². The number of Topliss-reactive ketones (excluding diaryl/α,β-unsaturated/α-hetero) is 1. The van der Waals surface area contributed by atoms with E-state index < -0.39 is 5.41 Å². The van der Waals surface area contributed by atoms with Crippen LogP contribution in [0, 0.1) is 5.41 Å². The van der Waals surface area contributed by atoms with Gasteiger partial charge in [0, 0.05) is 28.4 Å². The number of amides is 1. The molecule has 2 aromatic rings. The van der Waals surface area contributed by atoms with Crippen molar-refractivity contribution in [1.82, 2.24) is 4.90 Å². The van der Waals surface area contributed by atoms with Gasteiger partial charge in [0.2, 0.25) is 5.91 Å². The van der Waals surface area contributed by atoms with E-state index in [2.05, 4.69) is 24.5 Å². The van der Waals surface area contributed by atoms with Crippen molar-refractivity contribution >= 4 is 34.9 Å². The van der Waals surface area contributed by atoms with Crippen LogP contribution in [0.25, 0.3) is 0 Å². The zero-order valence-corrected chi connectivity index (χ0v) is 21.2. The van der Waals surface area contributed by atoms with Gasteiger partial charge in [-0.3, -0.25) is 4.79 Å². The lowest BCUT2D eigenvalue weighted by Crippen LogP contribution is -2.55. The summed E-state index contributed by atoms with van der Waals surface area (Å²) in [5, 5.41) is 1.34. The van der Waals surface area contributed by atoms with Crippen LogP contribution in [-0.2, 0) is 9.59 Å². The average molecular weight is 486 g/mol. The number of carbonyl (C=O) groups is 2. The van der Waals surface area contributed by atoms with E-state index in [0.29, 0.717) is 35.7 Å². The summed E-state index contributed by atoms with van der Waals surface area (Å²) in [7, 11) is 0. The molecule has 1 heterocycles. The number of nitrogens with zero attached hydrogens (tertiary/aromatic N) is 1. The molecule has 0 aliphatic carbocycles. The lowest BCUT2D eigenvalue weighted by Gasteiger charge is -2.52. The Morgan fingerprint density at radius 3 is 2.45 bits per heavy atom. The summed E-state index contributed by atoms with van der Waals surface area (Å²) in [6.07, 6.45) is 4.99. The minimum absolute atomic E-state index is 0.0407. The van der Waals surface area contributed by atoms with Gasteiger partial charge in [-0.25, -0.2) is 0 Å². The van der Waals surface area contributed by atoms with Crippen LogP contribution in [0.2, 0.25) is 10.0 Å². The molecule has 0 saturated carbocycles. The number of halogens is 2. The second kappa shape index (κ2) is 10.9. The summed E-state index contributed by atoms with van der Waals surface area (Å²) < 4.78 is 0. The highest BCUT2D eigenvalue weighted by Crippen LogP contribution is 2.52. The summed E-state index contributed by atoms with van der Waals surface area (Å²) >= 11 is 12.6. The Morgan fingerprint density at radius 2 is 1.88 bits per heavy atom. The molecule has 1 fully saturated rings. The number of likely N-dealkylation sites (tertiary alicyclic amines) is 1. The lowest BCUT2D eigenvalue weighted by molar-refractivity contribution is -0.155. The minimum atomic E-state index is -0.582. The number of carbonyl (C=O) groups excluding carboxylic acids is 2. The van der Waals surface area contributed by atoms with Gasteiger partial charge < -0.3 is 9.69 Å². The van der Waals surface area contributed by atoms with Crippen molar-refractivity contribution in [3.8, 4) is 0 Å². The maximum absolute atomic E-state index is 14.1. The number of hydrogen-bond acceptors (Lipinski definition) is 2. The van der Waals surface area contributed by atoms with Gasteiger partial charge in [0.15, 0.2) is 0 Å². The first-order chi connectivity index (χ1) is 15.7. The van der Waals surface area contributed by atoms with Gasteiger partial charge in [-0.05, 0) is 68.0 Å². The van der Waals surface area contributed by atoms with Crippen molar-refractivity contribution in [2.75, 3.05) is 0 Å². The summed E-state index contributed by atoms with van der Waals surface area (Å²) in [6, 6.07) is 15.5. The molecule has 0 aromatic heterocycles. The van der Waals surface area contributed by atoms with Gasteiger partial charge in [0.1, 0.15) is 5.78 Å². The highest BCUT2D eigenvalue weighted by molar-refractivity contribution is 6.30. The standard InChI is InChI=1S/C28H33Cl2NO2/c1-5-16-28(4)18-25(21-8-7-9-23(30)17-21)26(20-11-13-22(29)14-12-20)31(27(28)33)24(6-2)15-10-19(3)32/h5,7-9,11-14,17,24-26H,1,6,10,15-16,18H2,2-4H3/t24?,25-,26-,28+/m1/s1. The molecule has 2 aromatic carbocycles. The Labute approximate surface area is 207 Å². The molecular formula is C28H33Cl2NO2. The molecule has 1 amide bonds. The van der Waals surface area contributed by atoms with Gasteiger partial charge in [-0.2, -0.15) is 0 Å². The van der Waals surface area contributed by atoms with Crippen LogP contribution in [0.4, 0.5) is 0 Å². The van der Waals surface area contributed by atoms with Crippen LogP contribution in [0.15, 0.2) is 61.2 Å². The second-order valence-electron chi connectivity index (χ2n) is 9.43. The van der Waals surface area contributed by atoms with Crippen molar-refractivity contribution in [1.29, 1.82) is 0 Å². The molecule has 1 aliphatic rings. The van der Waals surface area contributed by atoms with Crippen LogP contribution in [0.5, 0.6) is 0 Å².